The van der Waals surface area contributed by atoms with Gasteiger partial charge in [-0.2, -0.15) is 0 Å². The highest BCUT2D eigenvalue weighted by molar-refractivity contribution is 5.99. The molecule has 0 N–H and O–H groups in total. The standard InChI is InChI=1S/C12H13NO3/c1-7(2)11(14)8-4-5-9-10(6-8)16-12(15)13(9)3/h4-7H,1-3H3. The van der Waals surface area contributed by atoms with Gasteiger partial charge in [0.05, 0.1) is 5.52 Å². The summed E-state index contributed by atoms with van der Waals surface area (Å²) in [4.78, 5) is 23.0. The molecule has 0 saturated heterocycles. The fourth-order valence-corrected chi connectivity index (χ4v) is 1.62. The maximum Gasteiger partial charge on any atom is 0.419 e. The minimum Gasteiger partial charge on any atom is -0.408 e. The van der Waals surface area contributed by atoms with Crippen molar-refractivity contribution >= 4 is 16.9 Å². The van der Waals surface area contributed by atoms with Gasteiger partial charge in [-0.05, 0) is 18.2 Å². The summed E-state index contributed by atoms with van der Waals surface area (Å²) >= 11 is 0. The number of oxazole rings is 1. The maximum atomic E-state index is 11.8. The van der Waals surface area contributed by atoms with Crippen molar-refractivity contribution < 1.29 is 9.21 Å². The predicted octanol–water partition coefficient (Wildman–Crippen LogP) is 1.97. The lowest BCUT2D eigenvalue weighted by atomic mass is 10.0. The smallest absolute Gasteiger partial charge is 0.408 e. The second-order valence-corrected chi connectivity index (χ2v) is 4.13. The minimum absolute atomic E-state index is 0.0494. The van der Waals surface area contributed by atoms with Crippen LogP contribution in [0, 0.1) is 5.92 Å². The van der Waals surface area contributed by atoms with E-state index in [0.717, 1.165) is 0 Å². The topological polar surface area (TPSA) is 52.2 Å². The van der Waals surface area contributed by atoms with E-state index in [0.29, 0.717) is 16.7 Å². The van der Waals surface area contributed by atoms with Crippen LogP contribution in [-0.2, 0) is 7.05 Å². The molecule has 0 atom stereocenters. The van der Waals surface area contributed by atoms with Gasteiger partial charge in [-0.3, -0.25) is 9.36 Å². The Bertz CT molecular complexity index is 604. The lowest BCUT2D eigenvalue weighted by Gasteiger charge is -2.03. The summed E-state index contributed by atoms with van der Waals surface area (Å²) in [5.74, 6) is -0.426. The number of hydrogen-bond donors (Lipinski definition) is 0. The van der Waals surface area contributed by atoms with Gasteiger partial charge in [0.15, 0.2) is 11.4 Å². The average molecular weight is 219 g/mol. The highest BCUT2D eigenvalue weighted by atomic mass is 16.4. The van der Waals surface area contributed by atoms with Crippen LogP contribution in [0.5, 0.6) is 0 Å². The van der Waals surface area contributed by atoms with E-state index in [4.69, 9.17) is 4.42 Å². The van der Waals surface area contributed by atoms with Crippen molar-refractivity contribution in [2.75, 3.05) is 0 Å². The summed E-state index contributed by atoms with van der Waals surface area (Å²) in [5.41, 5.74) is 1.74. The zero-order valence-electron chi connectivity index (χ0n) is 9.48. The van der Waals surface area contributed by atoms with Gasteiger partial charge in [0.1, 0.15) is 0 Å². The van der Waals surface area contributed by atoms with Crippen molar-refractivity contribution in [1.82, 2.24) is 4.57 Å². The molecule has 0 spiro atoms. The van der Waals surface area contributed by atoms with Crippen molar-refractivity contribution in [2.24, 2.45) is 13.0 Å². The van der Waals surface area contributed by atoms with Crippen LogP contribution in [0.2, 0.25) is 0 Å². The van der Waals surface area contributed by atoms with Gasteiger partial charge >= 0.3 is 5.76 Å². The number of rotatable bonds is 2. The molecule has 84 valence electrons. The van der Waals surface area contributed by atoms with E-state index in [2.05, 4.69) is 0 Å². The van der Waals surface area contributed by atoms with Gasteiger partial charge < -0.3 is 4.42 Å². The van der Waals surface area contributed by atoms with Gasteiger partial charge in [0, 0.05) is 18.5 Å². The molecule has 16 heavy (non-hydrogen) atoms. The van der Waals surface area contributed by atoms with Crippen molar-refractivity contribution in [1.29, 1.82) is 0 Å². The first-order valence-electron chi connectivity index (χ1n) is 5.14. The quantitative estimate of drug-likeness (QED) is 0.725. The van der Waals surface area contributed by atoms with Crippen LogP contribution in [0.25, 0.3) is 11.1 Å². The summed E-state index contributed by atoms with van der Waals surface area (Å²) in [7, 11) is 1.64. The summed E-state index contributed by atoms with van der Waals surface area (Å²) in [6.45, 7) is 3.68. The van der Waals surface area contributed by atoms with Gasteiger partial charge in [0.25, 0.3) is 0 Å². The third-order valence-corrected chi connectivity index (χ3v) is 2.60. The molecule has 0 unspecified atom stereocenters. The number of aryl methyl sites for hydroxylation is 1. The van der Waals surface area contributed by atoms with Crippen molar-refractivity contribution in [3.63, 3.8) is 0 Å². The van der Waals surface area contributed by atoms with Crippen LogP contribution in [0.15, 0.2) is 27.4 Å². The first-order chi connectivity index (χ1) is 7.50. The van der Waals surface area contributed by atoms with E-state index < -0.39 is 5.76 Å². The summed E-state index contributed by atoms with van der Waals surface area (Å²) < 4.78 is 6.44. The van der Waals surface area contributed by atoms with E-state index in [9.17, 15) is 9.59 Å². The van der Waals surface area contributed by atoms with Crippen LogP contribution in [0.1, 0.15) is 24.2 Å². The molecule has 1 aromatic carbocycles. The molecule has 0 saturated carbocycles. The van der Waals surface area contributed by atoms with Crippen LogP contribution in [0.4, 0.5) is 0 Å². The van der Waals surface area contributed by atoms with Gasteiger partial charge in [-0.25, -0.2) is 4.79 Å². The minimum atomic E-state index is -0.413. The Balaban J connectivity index is 2.61. The monoisotopic (exact) mass is 219 g/mol. The van der Waals surface area contributed by atoms with Crippen molar-refractivity contribution in [3.05, 3.63) is 34.3 Å². The van der Waals surface area contributed by atoms with Crippen LogP contribution in [0.3, 0.4) is 0 Å². The molecule has 2 aromatic rings. The number of nitrogens with zero attached hydrogens (tertiary/aromatic N) is 1. The zero-order valence-corrected chi connectivity index (χ0v) is 9.48. The lowest BCUT2D eigenvalue weighted by Crippen LogP contribution is -2.08. The van der Waals surface area contributed by atoms with Crippen LogP contribution < -0.4 is 5.76 Å². The van der Waals surface area contributed by atoms with E-state index in [1.54, 1.807) is 25.2 Å². The number of ketones is 1. The van der Waals surface area contributed by atoms with Gasteiger partial charge in [-0.15, -0.1) is 0 Å². The van der Waals surface area contributed by atoms with E-state index in [-0.39, 0.29) is 11.7 Å². The molecular formula is C12H13NO3. The summed E-state index contributed by atoms with van der Waals surface area (Å²) in [5, 5.41) is 0. The van der Waals surface area contributed by atoms with E-state index in [1.165, 1.54) is 4.57 Å². The van der Waals surface area contributed by atoms with E-state index in [1.807, 2.05) is 13.8 Å². The number of fused-ring (bicyclic) bond motifs is 1. The molecule has 0 bridgehead atoms. The molecule has 1 aromatic heterocycles. The van der Waals surface area contributed by atoms with Crippen LogP contribution >= 0.6 is 0 Å². The molecule has 0 radical (unpaired) electrons. The number of hydrogen-bond acceptors (Lipinski definition) is 3. The third kappa shape index (κ3) is 1.56. The molecule has 0 aliphatic rings. The number of aromatic nitrogens is 1. The molecule has 0 aliphatic heterocycles. The SMILES string of the molecule is CC(C)C(=O)c1ccc2c(c1)oc(=O)n2C. The highest BCUT2D eigenvalue weighted by Crippen LogP contribution is 2.16. The first kappa shape index (κ1) is 10.7. The molecule has 0 fully saturated rings. The second kappa shape index (κ2) is 3.63. The van der Waals surface area contributed by atoms with Crippen LogP contribution in [-0.4, -0.2) is 10.4 Å². The van der Waals surface area contributed by atoms with Crippen molar-refractivity contribution in [3.8, 4) is 0 Å². The van der Waals surface area contributed by atoms with Gasteiger partial charge in [0.2, 0.25) is 0 Å². The number of carbonyl (C=O) groups is 1. The third-order valence-electron chi connectivity index (χ3n) is 2.60. The predicted molar refractivity (Wildman–Crippen MR) is 60.6 cm³/mol. The fraction of sp³-hybridized carbons (Fsp3) is 0.333. The Labute approximate surface area is 92.5 Å². The molecular weight excluding hydrogens is 206 g/mol. The average Bonchev–Trinajstić information content (AvgIpc) is 2.53. The Morgan fingerprint density at radius 3 is 2.69 bits per heavy atom. The number of Topliss-reactive ketones (excluding diaryl/α,β-unsaturated/α-hetero) is 1. The Morgan fingerprint density at radius 2 is 2.06 bits per heavy atom. The highest BCUT2D eigenvalue weighted by Gasteiger charge is 2.13. The zero-order chi connectivity index (χ0) is 11.9. The molecule has 0 amide bonds. The maximum absolute atomic E-state index is 11.8. The first-order valence-corrected chi connectivity index (χ1v) is 5.14. The normalized spacial score (nSPS) is 11.2. The largest absolute Gasteiger partial charge is 0.419 e. The van der Waals surface area contributed by atoms with E-state index >= 15 is 0 Å². The molecule has 4 nitrogen and oxygen atoms in total. The molecule has 2 rings (SSSR count). The van der Waals surface area contributed by atoms with Crippen molar-refractivity contribution in [2.45, 2.75) is 13.8 Å². The Morgan fingerprint density at radius 1 is 1.38 bits per heavy atom. The molecule has 1 heterocycles. The summed E-state index contributed by atoms with van der Waals surface area (Å²) in [6, 6.07) is 5.08. The fourth-order valence-electron chi connectivity index (χ4n) is 1.62. The molecule has 0 aliphatic carbocycles. The number of carbonyl (C=O) groups excluding carboxylic acids is 1. The molecule has 4 heteroatoms. The number of benzene rings is 1. The Hall–Kier alpha value is -1.84. The Kier molecular flexibility index (Phi) is 2.42. The second-order valence-electron chi connectivity index (χ2n) is 4.13. The summed E-state index contributed by atoms with van der Waals surface area (Å²) in [6.07, 6.45) is 0. The lowest BCUT2D eigenvalue weighted by molar-refractivity contribution is 0.0939. The van der Waals surface area contributed by atoms with Gasteiger partial charge in [-0.1, -0.05) is 13.8 Å².